The highest BCUT2D eigenvalue weighted by Crippen LogP contribution is 2.27. The van der Waals surface area contributed by atoms with E-state index < -0.39 is 0 Å². The molecule has 36 heavy (non-hydrogen) atoms. The minimum atomic E-state index is -0.248. The molecular formula is C26H32ClN5O3S. The summed E-state index contributed by atoms with van der Waals surface area (Å²) in [6.45, 7) is 10.8. The Balaban J connectivity index is 1.51. The molecule has 0 spiro atoms. The van der Waals surface area contributed by atoms with Crippen LogP contribution in [0.15, 0.2) is 41.6 Å². The van der Waals surface area contributed by atoms with Crippen molar-refractivity contribution in [1.29, 1.82) is 0 Å². The second-order valence-corrected chi connectivity index (χ2v) is 10.1. The zero-order chi connectivity index (χ0) is 26.2. The van der Waals surface area contributed by atoms with E-state index in [1.54, 1.807) is 6.07 Å². The molecule has 0 saturated heterocycles. The largest absolute Gasteiger partial charge is 0.483 e. The van der Waals surface area contributed by atoms with E-state index in [1.807, 2.05) is 55.7 Å². The van der Waals surface area contributed by atoms with E-state index in [-0.39, 0.29) is 30.7 Å². The second kappa shape index (κ2) is 12.8. The number of thioether (sulfide) groups is 1. The van der Waals surface area contributed by atoms with E-state index in [9.17, 15) is 9.59 Å². The molecule has 2 amide bonds. The summed E-state index contributed by atoms with van der Waals surface area (Å²) >= 11 is 7.41. The van der Waals surface area contributed by atoms with E-state index in [1.165, 1.54) is 11.8 Å². The van der Waals surface area contributed by atoms with Gasteiger partial charge in [-0.2, -0.15) is 0 Å². The van der Waals surface area contributed by atoms with Gasteiger partial charge in [-0.25, -0.2) is 0 Å². The molecule has 3 rings (SSSR count). The lowest BCUT2D eigenvalue weighted by molar-refractivity contribution is -0.123. The summed E-state index contributed by atoms with van der Waals surface area (Å²) in [5.41, 5.74) is 3.73. The Hall–Kier alpha value is -3.04. The highest BCUT2D eigenvalue weighted by Gasteiger charge is 2.15. The van der Waals surface area contributed by atoms with Crippen LogP contribution in [-0.2, 0) is 22.7 Å². The van der Waals surface area contributed by atoms with Crippen molar-refractivity contribution in [3.05, 3.63) is 63.9 Å². The molecule has 1 heterocycles. The first-order chi connectivity index (χ1) is 17.2. The molecule has 2 aromatic carbocycles. The number of nitrogens with one attached hydrogen (secondary N) is 2. The van der Waals surface area contributed by atoms with Crippen molar-refractivity contribution in [2.45, 2.75) is 58.8 Å². The van der Waals surface area contributed by atoms with Gasteiger partial charge in [-0.3, -0.25) is 9.59 Å². The number of rotatable bonds is 11. The Bertz CT molecular complexity index is 1230. The van der Waals surface area contributed by atoms with E-state index >= 15 is 0 Å². The Morgan fingerprint density at radius 3 is 2.58 bits per heavy atom. The molecule has 0 fully saturated rings. The fourth-order valence-corrected chi connectivity index (χ4v) is 4.49. The molecule has 0 bridgehead atoms. The first-order valence-corrected chi connectivity index (χ1v) is 13.1. The number of nitrogens with zero attached hydrogens (tertiary/aromatic N) is 3. The lowest BCUT2D eigenvalue weighted by atomic mass is 10.0. The normalized spacial score (nSPS) is 11.0. The fourth-order valence-electron chi connectivity index (χ4n) is 3.49. The summed E-state index contributed by atoms with van der Waals surface area (Å²) in [4.78, 5) is 24.8. The molecule has 2 N–H and O–H groups in total. The second-order valence-electron chi connectivity index (χ2n) is 8.71. The van der Waals surface area contributed by atoms with Crippen LogP contribution in [0.2, 0.25) is 5.02 Å². The summed E-state index contributed by atoms with van der Waals surface area (Å²) in [6.07, 6.45) is 0. The van der Waals surface area contributed by atoms with Crippen LogP contribution in [0.1, 0.15) is 49.2 Å². The number of carbonyl (C=O) groups excluding carboxylic acids is 2. The first-order valence-electron chi connectivity index (χ1n) is 11.8. The number of carbonyl (C=O) groups is 2. The van der Waals surface area contributed by atoms with Crippen molar-refractivity contribution in [3.8, 4) is 5.75 Å². The molecule has 0 aliphatic carbocycles. The van der Waals surface area contributed by atoms with Crippen LogP contribution in [0, 0.1) is 13.8 Å². The first kappa shape index (κ1) is 27.5. The topological polar surface area (TPSA) is 98.1 Å². The maximum absolute atomic E-state index is 12.4. The van der Waals surface area contributed by atoms with Crippen LogP contribution in [0.25, 0.3) is 0 Å². The SMILES string of the molecule is CCn1c(CNC(=O)COc2cc(C)ccc2C(C)C)nnc1SCC(=O)Nc1ccc(C)c(Cl)c1. The number of aromatic nitrogens is 3. The molecule has 3 aromatic rings. The van der Waals surface area contributed by atoms with Gasteiger partial charge in [-0.1, -0.05) is 55.4 Å². The number of anilines is 1. The van der Waals surface area contributed by atoms with E-state index in [0.717, 1.165) is 22.4 Å². The van der Waals surface area contributed by atoms with E-state index in [2.05, 4.69) is 34.7 Å². The number of ether oxygens (including phenoxy) is 1. The minimum absolute atomic E-state index is 0.0890. The predicted molar refractivity (Wildman–Crippen MR) is 144 cm³/mol. The fraction of sp³-hybridized carbons (Fsp3) is 0.385. The highest BCUT2D eigenvalue weighted by atomic mass is 35.5. The minimum Gasteiger partial charge on any atom is -0.483 e. The van der Waals surface area contributed by atoms with Crippen LogP contribution < -0.4 is 15.4 Å². The van der Waals surface area contributed by atoms with Crippen LogP contribution in [0.4, 0.5) is 5.69 Å². The van der Waals surface area contributed by atoms with Crippen molar-refractivity contribution < 1.29 is 14.3 Å². The Labute approximate surface area is 221 Å². The zero-order valence-electron chi connectivity index (χ0n) is 21.2. The van der Waals surface area contributed by atoms with Gasteiger partial charge in [0.25, 0.3) is 5.91 Å². The van der Waals surface area contributed by atoms with Gasteiger partial charge >= 0.3 is 0 Å². The third-order valence-electron chi connectivity index (χ3n) is 5.49. The van der Waals surface area contributed by atoms with Gasteiger partial charge in [0, 0.05) is 17.3 Å². The summed E-state index contributed by atoms with van der Waals surface area (Å²) < 4.78 is 7.68. The molecule has 0 aliphatic heterocycles. The quantitative estimate of drug-likeness (QED) is 0.335. The highest BCUT2D eigenvalue weighted by molar-refractivity contribution is 7.99. The number of halogens is 1. The van der Waals surface area contributed by atoms with E-state index in [0.29, 0.717) is 34.2 Å². The number of hydrogen-bond acceptors (Lipinski definition) is 6. The average Bonchev–Trinajstić information content (AvgIpc) is 3.24. The number of aryl methyl sites for hydroxylation is 2. The Kier molecular flexibility index (Phi) is 9.78. The summed E-state index contributed by atoms with van der Waals surface area (Å²) in [5.74, 6) is 1.37. The molecule has 10 heteroatoms. The van der Waals surface area contributed by atoms with Crippen molar-refractivity contribution >= 4 is 40.9 Å². The molecule has 0 unspecified atom stereocenters. The van der Waals surface area contributed by atoms with Gasteiger partial charge in [0.05, 0.1) is 12.3 Å². The average molecular weight is 530 g/mol. The summed E-state index contributed by atoms with van der Waals surface area (Å²) in [6, 6.07) is 11.4. The molecule has 1 aromatic heterocycles. The molecule has 192 valence electrons. The van der Waals surface area contributed by atoms with Gasteiger partial charge in [-0.05, 0) is 61.6 Å². The molecular weight excluding hydrogens is 498 g/mol. The number of amides is 2. The van der Waals surface area contributed by atoms with Crippen molar-refractivity contribution in [1.82, 2.24) is 20.1 Å². The van der Waals surface area contributed by atoms with Crippen LogP contribution in [0.5, 0.6) is 5.75 Å². The summed E-state index contributed by atoms with van der Waals surface area (Å²) in [7, 11) is 0. The monoisotopic (exact) mass is 529 g/mol. The van der Waals surface area contributed by atoms with Gasteiger partial charge in [-0.15, -0.1) is 10.2 Å². The standard InChI is InChI=1S/C26H32ClN5O3S/c1-6-32-23(13-28-24(33)14-35-22-11-17(4)7-10-20(22)16(2)3)30-31-26(32)36-15-25(34)29-19-9-8-18(5)21(27)12-19/h7-12,16H,6,13-15H2,1-5H3,(H,28,33)(H,29,34). The van der Waals surface area contributed by atoms with Gasteiger partial charge in [0.1, 0.15) is 5.75 Å². The molecule has 0 atom stereocenters. The maximum Gasteiger partial charge on any atom is 0.258 e. The maximum atomic E-state index is 12.4. The van der Waals surface area contributed by atoms with Crippen LogP contribution in [0.3, 0.4) is 0 Å². The summed E-state index contributed by atoms with van der Waals surface area (Å²) in [5, 5.41) is 15.3. The van der Waals surface area contributed by atoms with E-state index in [4.69, 9.17) is 16.3 Å². The van der Waals surface area contributed by atoms with Crippen molar-refractivity contribution in [3.63, 3.8) is 0 Å². The van der Waals surface area contributed by atoms with Gasteiger partial charge in [0.2, 0.25) is 5.91 Å². The lowest BCUT2D eigenvalue weighted by Gasteiger charge is -2.15. The Morgan fingerprint density at radius 2 is 1.89 bits per heavy atom. The third kappa shape index (κ3) is 7.48. The molecule has 8 nitrogen and oxygen atoms in total. The molecule has 0 saturated carbocycles. The van der Waals surface area contributed by atoms with Crippen molar-refractivity contribution in [2.24, 2.45) is 0 Å². The number of hydrogen-bond donors (Lipinski definition) is 2. The molecule has 0 aliphatic rings. The smallest absolute Gasteiger partial charge is 0.258 e. The predicted octanol–water partition coefficient (Wildman–Crippen LogP) is 5.12. The van der Waals surface area contributed by atoms with Gasteiger partial charge < -0.3 is 19.9 Å². The van der Waals surface area contributed by atoms with Gasteiger partial charge in [0.15, 0.2) is 17.6 Å². The zero-order valence-corrected chi connectivity index (χ0v) is 22.8. The lowest BCUT2D eigenvalue weighted by Crippen LogP contribution is -2.29. The third-order valence-corrected chi connectivity index (χ3v) is 6.87. The van der Waals surface area contributed by atoms with Crippen LogP contribution >= 0.6 is 23.4 Å². The molecule has 0 radical (unpaired) electrons. The Morgan fingerprint density at radius 1 is 1.11 bits per heavy atom. The van der Waals surface area contributed by atoms with Crippen molar-refractivity contribution in [2.75, 3.05) is 17.7 Å². The van der Waals surface area contributed by atoms with Crippen LogP contribution in [-0.4, -0.2) is 38.9 Å². The number of benzene rings is 2.